The molecule has 6 heteroatoms. The normalized spacial score (nSPS) is 11.2. The molecule has 0 saturated heterocycles. The van der Waals surface area contributed by atoms with E-state index in [0.29, 0.717) is 15.6 Å². The number of pyridine rings is 1. The fourth-order valence-electron chi connectivity index (χ4n) is 1.12. The topological polar surface area (TPSA) is 62.8 Å². The molecular weight excluding hydrogens is 256 g/mol. The maximum absolute atomic E-state index is 10.7. The van der Waals surface area contributed by atoms with Crippen molar-refractivity contribution in [3.05, 3.63) is 22.9 Å². The Bertz CT molecular complexity index is 524. The number of hydrogen-bond acceptors (Lipinski definition) is 3. The van der Waals surface area contributed by atoms with Crippen LogP contribution in [0.15, 0.2) is 27.8 Å². The van der Waals surface area contributed by atoms with Gasteiger partial charge in [-0.15, -0.1) is 0 Å². The van der Waals surface area contributed by atoms with E-state index in [1.165, 1.54) is 6.20 Å². The Hall–Kier alpha value is -0.880. The van der Waals surface area contributed by atoms with Crippen molar-refractivity contribution in [3.63, 3.8) is 0 Å². The summed E-state index contributed by atoms with van der Waals surface area (Å²) >= 11 is 3.20. The van der Waals surface area contributed by atoms with Gasteiger partial charge >= 0.3 is 0 Å². The van der Waals surface area contributed by atoms with Crippen molar-refractivity contribution in [2.24, 2.45) is 0 Å². The minimum Gasteiger partial charge on any atom is -0.345 e. The van der Waals surface area contributed by atoms with Crippen LogP contribution in [-0.4, -0.2) is 18.4 Å². The highest BCUT2D eigenvalue weighted by Crippen LogP contribution is 2.19. The molecule has 0 aliphatic heterocycles. The highest BCUT2D eigenvalue weighted by Gasteiger charge is 2.05. The SMILES string of the molecule is O=[SH](=O)c1c[nH]c2nc(Br)ccc12. The first kappa shape index (κ1) is 8.71. The zero-order chi connectivity index (χ0) is 9.42. The van der Waals surface area contributed by atoms with Crippen LogP contribution >= 0.6 is 15.9 Å². The van der Waals surface area contributed by atoms with E-state index in [1.807, 2.05) is 0 Å². The molecule has 0 bridgehead atoms. The summed E-state index contributed by atoms with van der Waals surface area (Å²) in [7, 11) is -2.55. The van der Waals surface area contributed by atoms with E-state index in [9.17, 15) is 8.42 Å². The van der Waals surface area contributed by atoms with E-state index < -0.39 is 10.7 Å². The van der Waals surface area contributed by atoms with Crippen molar-refractivity contribution in [2.45, 2.75) is 4.90 Å². The van der Waals surface area contributed by atoms with Crippen molar-refractivity contribution in [3.8, 4) is 0 Å². The summed E-state index contributed by atoms with van der Waals surface area (Å²) in [5.74, 6) is 0. The first-order valence-electron chi connectivity index (χ1n) is 3.46. The van der Waals surface area contributed by atoms with E-state index in [2.05, 4.69) is 25.9 Å². The van der Waals surface area contributed by atoms with Crippen molar-refractivity contribution in [1.82, 2.24) is 9.97 Å². The average Bonchev–Trinajstić information content (AvgIpc) is 2.46. The fourth-order valence-corrected chi connectivity index (χ4v) is 1.97. The van der Waals surface area contributed by atoms with E-state index in [-0.39, 0.29) is 4.90 Å². The Morgan fingerprint density at radius 2 is 2.15 bits per heavy atom. The van der Waals surface area contributed by atoms with Crippen molar-refractivity contribution in [1.29, 1.82) is 0 Å². The number of aromatic amines is 1. The lowest BCUT2D eigenvalue weighted by Crippen LogP contribution is -1.79. The highest BCUT2D eigenvalue weighted by molar-refractivity contribution is 9.10. The summed E-state index contributed by atoms with van der Waals surface area (Å²) in [6, 6.07) is 3.42. The van der Waals surface area contributed by atoms with Crippen LogP contribution in [0.25, 0.3) is 11.0 Å². The van der Waals surface area contributed by atoms with Crippen molar-refractivity contribution in [2.75, 3.05) is 0 Å². The van der Waals surface area contributed by atoms with E-state index in [0.717, 1.165) is 0 Å². The molecule has 0 atom stereocenters. The van der Waals surface area contributed by atoms with Crippen LogP contribution < -0.4 is 0 Å². The summed E-state index contributed by atoms with van der Waals surface area (Å²) in [5, 5.41) is 0.624. The van der Waals surface area contributed by atoms with Crippen molar-refractivity contribution >= 4 is 37.7 Å². The number of halogens is 1. The van der Waals surface area contributed by atoms with Crippen LogP contribution in [0.5, 0.6) is 0 Å². The molecule has 2 heterocycles. The van der Waals surface area contributed by atoms with Gasteiger partial charge in [0.05, 0.1) is 4.90 Å². The molecule has 0 fully saturated rings. The molecule has 0 aromatic carbocycles. The lowest BCUT2D eigenvalue weighted by atomic mass is 10.3. The van der Waals surface area contributed by atoms with Gasteiger partial charge in [-0.05, 0) is 28.1 Å². The lowest BCUT2D eigenvalue weighted by molar-refractivity contribution is 0.615. The second-order valence-corrected chi connectivity index (χ2v) is 4.27. The summed E-state index contributed by atoms with van der Waals surface area (Å²) in [4.78, 5) is 7.14. The molecule has 2 aromatic rings. The van der Waals surface area contributed by atoms with E-state index >= 15 is 0 Å². The number of nitrogens with zero attached hydrogens (tertiary/aromatic N) is 1. The van der Waals surface area contributed by atoms with E-state index in [4.69, 9.17) is 0 Å². The van der Waals surface area contributed by atoms with Crippen LogP contribution in [0, 0.1) is 0 Å². The summed E-state index contributed by atoms with van der Waals surface area (Å²) in [6.07, 6.45) is 1.44. The van der Waals surface area contributed by atoms with Gasteiger partial charge in [-0.1, -0.05) is 0 Å². The summed E-state index contributed by atoms with van der Waals surface area (Å²) < 4.78 is 22.2. The zero-order valence-corrected chi connectivity index (χ0v) is 8.80. The molecule has 0 unspecified atom stereocenters. The van der Waals surface area contributed by atoms with Gasteiger partial charge in [0.15, 0.2) is 10.7 Å². The summed E-state index contributed by atoms with van der Waals surface area (Å²) in [5.41, 5.74) is 0.573. The van der Waals surface area contributed by atoms with Crippen LogP contribution in [0.1, 0.15) is 0 Å². The molecule has 0 aliphatic carbocycles. The molecule has 4 nitrogen and oxygen atoms in total. The number of thiol groups is 1. The molecular formula is C7H5BrN2O2S. The molecule has 1 N–H and O–H groups in total. The molecule has 0 spiro atoms. The van der Waals surface area contributed by atoms with Gasteiger partial charge in [0, 0.05) is 11.6 Å². The highest BCUT2D eigenvalue weighted by atomic mass is 79.9. The standard InChI is InChI=1S/C7H5BrN2O2S/c8-6-2-1-4-5(13(11)12)3-9-7(4)10-6/h1-3,13H,(H,9,10). The maximum Gasteiger partial charge on any atom is 0.170 e. The van der Waals surface area contributed by atoms with Crippen LogP contribution in [-0.2, 0) is 10.7 Å². The molecule has 68 valence electrons. The third kappa shape index (κ3) is 1.47. The van der Waals surface area contributed by atoms with Gasteiger partial charge in [0.2, 0.25) is 0 Å². The molecule has 0 aliphatic rings. The molecule has 0 saturated carbocycles. The Morgan fingerprint density at radius 1 is 1.38 bits per heavy atom. The van der Waals surface area contributed by atoms with Crippen LogP contribution in [0.3, 0.4) is 0 Å². The second-order valence-electron chi connectivity index (χ2n) is 2.46. The molecule has 0 amide bonds. The van der Waals surface area contributed by atoms with Crippen LogP contribution in [0.2, 0.25) is 0 Å². The number of fused-ring (bicyclic) bond motifs is 1. The number of nitrogens with one attached hydrogen (secondary N) is 1. The third-order valence-electron chi connectivity index (χ3n) is 1.68. The summed E-state index contributed by atoms with van der Waals surface area (Å²) in [6.45, 7) is 0. The number of H-pyrrole nitrogens is 1. The van der Waals surface area contributed by atoms with Gasteiger partial charge in [0.25, 0.3) is 0 Å². The maximum atomic E-state index is 10.7. The van der Waals surface area contributed by atoms with E-state index in [1.54, 1.807) is 12.1 Å². The van der Waals surface area contributed by atoms with Gasteiger partial charge in [-0.25, -0.2) is 13.4 Å². The average molecular weight is 261 g/mol. The smallest absolute Gasteiger partial charge is 0.170 e. The zero-order valence-electron chi connectivity index (χ0n) is 6.32. The molecule has 2 aromatic heterocycles. The minimum atomic E-state index is -2.55. The predicted molar refractivity (Wildman–Crippen MR) is 52.4 cm³/mol. The van der Waals surface area contributed by atoms with Crippen LogP contribution in [0.4, 0.5) is 0 Å². The van der Waals surface area contributed by atoms with Gasteiger partial charge in [-0.3, -0.25) is 0 Å². The van der Waals surface area contributed by atoms with Gasteiger partial charge in [0.1, 0.15) is 10.3 Å². The first-order chi connectivity index (χ1) is 6.18. The Labute approximate surface area is 84.1 Å². The number of aromatic nitrogens is 2. The monoisotopic (exact) mass is 260 g/mol. The Kier molecular flexibility index (Phi) is 2.09. The number of hydrogen-bond donors (Lipinski definition) is 2. The molecule has 2 rings (SSSR count). The Balaban J connectivity index is 2.83. The largest absolute Gasteiger partial charge is 0.345 e. The predicted octanol–water partition coefficient (Wildman–Crippen LogP) is 1.30. The minimum absolute atomic E-state index is 0.282. The third-order valence-corrected chi connectivity index (χ3v) is 2.88. The van der Waals surface area contributed by atoms with Crippen molar-refractivity contribution < 1.29 is 8.42 Å². The van der Waals surface area contributed by atoms with Gasteiger partial charge < -0.3 is 4.98 Å². The lowest BCUT2D eigenvalue weighted by Gasteiger charge is -1.90. The molecule has 0 radical (unpaired) electrons. The first-order valence-corrected chi connectivity index (χ1v) is 5.43. The Morgan fingerprint density at radius 3 is 2.85 bits per heavy atom. The quantitative estimate of drug-likeness (QED) is 0.600. The molecule has 13 heavy (non-hydrogen) atoms. The fraction of sp³-hybridized carbons (Fsp3) is 0. The van der Waals surface area contributed by atoms with Gasteiger partial charge in [-0.2, -0.15) is 0 Å². The number of rotatable bonds is 1. The second kappa shape index (κ2) is 3.12.